The topological polar surface area (TPSA) is 98.1 Å². The molecule has 0 atom stereocenters. The molecule has 164 valence electrons. The average molecular weight is 444 g/mol. The number of aromatic nitrogens is 3. The van der Waals surface area contributed by atoms with E-state index in [4.69, 9.17) is 9.47 Å². The maximum absolute atomic E-state index is 12.9. The molecule has 0 aliphatic carbocycles. The number of fused-ring (bicyclic) bond motifs is 1. The first-order valence-corrected chi connectivity index (χ1v) is 11.1. The SMILES string of the molecule is COc1ccc(CNC(=O)c2cc(=O)nc3sc(N4CCCCCC4)nn23)c(OC)c1. The monoisotopic (exact) mass is 443 g/mol. The number of carbonyl (C=O) groups is 1. The molecular weight excluding hydrogens is 418 g/mol. The van der Waals surface area contributed by atoms with Gasteiger partial charge in [0.1, 0.15) is 17.2 Å². The van der Waals surface area contributed by atoms with Gasteiger partial charge in [-0.15, -0.1) is 5.10 Å². The van der Waals surface area contributed by atoms with E-state index in [1.165, 1.54) is 34.8 Å². The molecule has 0 saturated carbocycles. The summed E-state index contributed by atoms with van der Waals surface area (Å²) in [4.78, 5) is 31.7. The Balaban J connectivity index is 1.58. The third kappa shape index (κ3) is 4.63. The van der Waals surface area contributed by atoms with Crippen LogP contribution in [-0.2, 0) is 6.54 Å². The van der Waals surface area contributed by atoms with Crippen molar-refractivity contribution in [3.05, 3.63) is 45.9 Å². The zero-order chi connectivity index (χ0) is 21.8. The minimum atomic E-state index is -0.460. The van der Waals surface area contributed by atoms with Crippen LogP contribution in [0.4, 0.5) is 5.13 Å². The molecule has 0 radical (unpaired) electrons. The predicted molar refractivity (Wildman–Crippen MR) is 119 cm³/mol. The molecule has 10 heteroatoms. The lowest BCUT2D eigenvalue weighted by Crippen LogP contribution is -2.28. The van der Waals surface area contributed by atoms with Gasteiger partial charge in [0.15, 0.2) is 0 Å². The number of rotatable bonds is 6. The van der Waals surface area contributed by atoms with Crippen LogP contribution in [0.15, 0.2) is 29.1 Å². The van der Waals surface area contributed by atoms with Crippen molar-refractivity contribution < 1.29 is 14.3 Å². The van der Waals surface area contributed by atoms with E-state index in [1.54, 1.807) is 26.4 Å². The summed E-state index contributed by atoms with van der Waals surface area (Å²) >= 11 is 1.34. The predicted octanol–water partition coefficient (Wildman–Crippen LogP) is 2.48. The number of nitrogens with one attached hydrogen (secondary N) is 1. The molecule has 1 aliphatic rings. The van der Waals surface area contributed by atoms with Crippen molar-refractivity contribution in [2.75, 3.05) is 32.2 Å². The van der Waals surface area contributed by atoms with Gasteiger partial charge in [0.05, 0.1) is 14.2 Å². The summed E-state index contributed by atoms with van der Waals surface area (Å²) in [7, 11) is 3.14. The molecule has 0 spiro atoms. The fourth-order valence-electron chi connectivity index (χ4n) is 3.62. The maximum Gasteiger partial charge on any atom is 0.274 e. The van der Waals surface area contributed by atoms with E-state index in [1.807, 2.05) is 6.07 Å². The van der Waals surface area contributed by atoms with Gasteiger partial charge in [-0.05, 0) is 25.0 Å². The van der Waals surface area contributed by atoms with Crippen molar-refractivity contribution in [2.24, 2.45) is 0 Å². The van der Waals surface area contributed by atoms with Crippen molar-refractivity contribution >= 4 is 27.3 Å². The number of benzene rings is 1. The van der Waals surface area contributed by atoms with Crippen LogP contribution in [0, 0.1) is 0 Å². The summed E-state index contributed by atoms with van der Waals surface area (Å²) in [5.74, 6) is 0.867. The average Bonchev–Trinajstić information content (AvgIpc) is 3.02. The van der Waals surface area contributed by atoms with E-state index in [2.05, 4.69) is 20.3 Å². The first kappa shape index (κ1) is 21.1. The van der Waals surface area contributed by atoms with E-state index in [9.17, 15) is 9.59 Å². The van der Waals surface area contributed by atoms with Crippen LogP contribution in [0.3, 0.4) is 0 Å². The lowest BCUT2D eigenvalue weighted by molar-refractivity contribution is 0.0943. The van der Waals surface area contributed by atoms with E-state index in [-0.39, 0.29) is 12.2 Å². The molecule has 3 heterocycles. The number of ether oxygens (including phenoxy) is 2. The lowest BCUT2D eigenvalue weighted by atomic mass is 10.2. The minimum absolute atomic E-state index is 0.166. The Morgan fingerprint density at radius 1 is 1.13 bits per heavy atom. The molecule has 1 aliphatic heterocycles. The Morgan fingerprint density at radius 2 is 1.90 bits per heavy atom. The Labute approximate surface area is 183 Å². The van der Waals surface area contributed by atoms with Crippen molar-refractivity contribution in [1.29, 1.82) is 0 Å². The smallest absolute Gasteiger partial charge is 0.274 e. The molecule has 1 fully saturated rings. The van der Waals surface area contributed by atoms with Crippen LogP contribution >= 0.6 is 11.3 Å². The fraction of sp³-hybridized carbons (Fsp3) is 0.429. The lowest BCUT2D eigenvalue weighted by Gasteiger charge is -2.17. The Hall–Kier alpha value is -3.14. The largest absolute Gasteiger partial charge is 0.497 e. The van der Waals surface area contributed by atoms with Crippen LogP contribution in [-0.4, -0.2) is 47.8 Å². The normalized spacial score (nSPS) is 14.3. The molecule has 4 rings (SSSR count). The van der Waals surface area contributed by atoms with E-state index in [0.717, 1.165) is 36.6 Å². The Morgan fingerprint density at radius 3 is 2.61 bits per heavy atom. The molecule has 31 heavy (non-hydrogen) atoms. The van der Waals surface area contributed by atoms with Gasteiger partial charge in [-0.25, -0.2) is 0 Å². The molecule has 3 aromatic rings. The second-order valence-corrected chi connectivity index (χ2v) is 8.25. The van der Waals surface area contributed by atoms with Crippen molar-refractivity contribution in [3.63, 3.8) is 0 Å². The first-order valence-electron chi connectivity index (χ1n) is 10.2. The van der Waals surface area contributed by atoms with Gasteiger partial charge in [-0.3, -0.25) is 9.59 Å². The van der Waals surface area contributed by atoms with Crippen LogP contribution < -0.4 is 25.2 Å². The molecule has 1 amide bonds. The van der Waals surface area contributed by atoms with Gasteiger partial charge in [0, 0.05) is 37.3 Å². The minimum Gasteiger partial charge on any atom is -0.497 e. The number of hydrogen-bond donors (Lipinski definition) is 1. The van der Waals surface area contributed by atoms with Crippen molar-refractivity contribution in [2.45, 2.75) is 32.2 Å². The number of hydrogen-bond acceptors (Lipinski definition) is 8. The van der Waals surface area contributed by atoms with E-state index >= 15 is 0 Å². The van der Waals surface area contributed by atoms with Crippen molar-refractivity contribution in [1.82, 2.24) is 19.9 Å². The number of anilines is 1. The van der Waals surface area contributed by atoms with Gasteiger partial charge < -0.3 is 19.7 Å². The maximum atomic E-state index is 12.9. The third-order valence-corrected chi connectivity index (χ3v) is 6.26. The highest BCUT2D eigenvalue weighted by atomic mass is 32.1. The summed E-state index contributed by atoms with van der Waals surface area (Å²) in [6, 6.07) is 6.60. The highest BCUT2D eigenvalue weighted by molar-refractivity contribution is 7.20. The molecule has 9 nitrogen and oxygen atoms in total. The number of nitrogens with zero attached hydrogens (tertiary/aromatic N) is 4. The van der Waals surface area contributed by atoms with Crippen LogP contribution in [0.1, 0.15) is 41.7 Å². The second-order valence-electron chi connectivity index (χ2n) is 7.32. The Kier molecular flexibility index (Phi) is 6.36. The quantitative estimate of drug-likeness (QED) is 0.625. The zero-order valence-electron chi connectivity index (χ0n) is 17.6. The highest BCUT2D eigenvalue weighted by Gasteiger charge is 2.20. The standard InChI is InChI=1S/C21H25N5O4S/c1-29-15-8-7-14(17(11-15)30-2)13-22-19(28)16-12-18(27)23-20-26(16)24-21(31-20)25-9-5-3-4-6-10-25/h7-8,11-12H,3-6,9-10,13H2,1-2H3,(H,22,28). The van der Waals surface area contributed by atoms with Crippen LogP contribution in [0.5, 0.6) is 11.5 Å². The molecular formula is C21H25N5O4S. The molecule has 1 aromatic carbocycles. The fourth-order valence-corrected chi connectivity index (χ4v) is 4.58. The van der Waals surface area contributed by atoms with Crippen LogP contribution in [0.2, 0.25) is 0 Å². The summed E-state index contributed by atoms with van der Waals surface area (Å²) in [5, 5.41) is 8.24. The number of methoxy groups -OCH3 is 2. The van der Waals surface area contributed by atoms with Gasteiger partial charge >= 0.3 is 0 Å². The van der Waals surface area contributed by atoms with Gasteiger partial charge in [0.2, 0.25) is 10.1 Å². The summed E-state index contributed by atoms with van der Waals surface area (Å²) in [5.41, 5.74) is 0.496. The molecule has 1 N–H and O–H groups in total. The second kappa shape index (κ2) is 9.34. The molecule has 1 saturated heterocycles. The zero-order valence-corrected chi connectivity index (χ0v) is 18.4. The molecule has 0 unspecified atom stereocenters. The number of carbonyl (C=O) groups excluding carboxylic acids is 1. The molecule has 0 bridgehead atoms. The Bertz CT molecular complexity index is 1130. The molecule has 2 aromatic heterocycles. The third-order valence-electron chi connectivity index (χ3n) is 5.29. The highest BCUT2D eigenvalue weighted by Crippen LogP contribution is 2.26. The van der Waals surface area contributed by atoms with Gasteiger partial charge in [-0.1, -0.05) is 24.2 Å². The summed E-state index contributed by atoms with van der Waals surface area (Å²) in [6.07, 6.45) is 4.63. The van der Waals surface area contributed by atoms with E-state index < -0.39 is 11.5 Å². The summed E-state index contributed by atoms with van der Waals surface area (Å²) < 4.78 is 12.1. The van der Waals surface area contributed by atoms with Crippen LogP contribution in [0.25, 0.3) is 4.96 Å². The number of amides is 1. The summed E-state index contributed by atoms with van der Waals surface area (Å²) in [6.45, 7) is 2.07. The van der Waals surface area contributed by atoms with Gasteiger partial charge in [-0.2, -0.15) is 9.50 Å². The first-order chi connectivity index (χ1) is 15.1. The van der Waals surface area contributed by atoms with Crippen molar-refractivity contribution in [3.8, 4) is 11.5 Å². The van der Waals surface area contributed by atoms with E-state index in [0.29, 0.717) is 16.5 Å². The van der Waals surface area contributed by atoms with Gasteiger partial charge in [0.25, 0.3) is 11.5 Å².